The number of hydrazone groups is 1. The van der Waals surface area contributed by atoms with Gasteiger partial charge < -0.3 is 9.84 Å². The van der Waals surface area contributed by atoms with Gasteiger partial charge in [0.15, 0.2) is 0 Å². The van der Waals surface area contributed by atoms with Gasteiger partial charge in [-0.15, -0.1) is 0 Å². The molecule has 1 aliphatic rings. The van der Waals surface area contributed by atoms with Crippen LogP contribution in [0.5, 0.6) is 5.75 Å². The molecule has 2 aromatic carbocycles. The molecule has 1 atom stereocenters. The molecule has 7 heteroatoms. The molecule has 142 valence electrons. The van der Waals surface area contributed by atoms with E-state index in [4.69, 9.17) is 16.3 Å². The summed E-state index contributed by atoms with van der Waals surface area (Å²) >= 11 is 5.91. The molecule has 1 fully saturated rings. The summed E-state index contributed by atoms with van der Waals surface area (Å²) in [6, 6.07) is 14.3. The van der Waals surface area contributed by atoms with Gasteiger partial charge in [-0.25, -0.2) is 5.43 Å². The number of hydrogen-bond acceptors (Lipinski definition) is 5. The van der Waals surface area contributed by atoms with Crippen molar-refractivity contribution in [2.24, 2.45) is 5.10 Å². The summed E-state index contributed by atoms with van der Waals surface area (Å²) in [4.78, 5) is 14.7. The second kappa shape index (κ2) is 8.99. The Labute approximate surface area is 163 Å². The number of carbonyl (C=O) groups excluding carboxylic acids is 1. The molecule has 0 unspecified atom stereocenters. The molecule has 0 radical (unpaired) electrons. The van der Waals surface area contributed by atoms with Crippen LogP contribution in [-0.2, 0) is 4.74 Å². The quantitative estimate of drug-likeness (QED) is 0.610. The number of morpholine rings is 1. The van der Waals surface area contributed by atoms with Crippen LogP contribution in [0.3, 0.4) is 0 Å². The molecule has 1 saturated heterocycles. The molecular weight excluding hydrogens is 366 g/mol. The smallest absolute Gasteiger partial charge is 0.275 e. The number of ether oxygens (including phenoxy) is 1. The second-order valence-electron chi connectivity index (χ2n) is 6.32. The van der Waals surface area contributed by atoms with Gasteiger partial charge in [0.25, 0.3) is 5.91 Å². The average molecular weight is 388 g/mol. The molecular formula is C20H22ClN3O3. The van der Waals surface area contributed by atoms with Gasteiger partial charge in [-0.2, -0.15) is 5.10 Å². The first kappa shape index (κ1) is 19.4. The summed E-state index contributed by atoms with van der Waals surface area (Å²) in [6.45, 7) is 4.79. The lowest BCUT2D eigenvalue weighted by molar-refractivity contribution is 0.0285. The monoisotopic (exact) mass is 387 g/mol. The average Bonchev–Trinajstić information content (AvgIpc) is 2.70. The molecule has 0 aromatic heterocycles. The fourth-order valence-corrected chi connectivity index (χ4v) is 3.31. The molecule has 0 saturated carbocycles. The second-order valence-corrected chi connectivity index (χ2v) is 6.75. The molecule has 0 bridgehead atoms. The van der Waals surface area contributed by atoms with E-state index in [1.54, 1.807) is 0 Å². The number of phenols is 1. The Hall–Kier alpha value is -2.41. The number of halogens is 1. The van der Waals surface area contributed by atoms with Crippen molar-refractivity contribution in [3.63, 3.8) is 0 Å². The van der Waals surface area contributed by atoms with Gasteiger partial charge in [-0.3, -0.25) is 9.69 Å². The van der Waals surface area contributed by atoms with Gasteiger partial charge >= 0.3 is 0 Å². The number of phenolic OH excluding ortho intramolecular Hbond substituents is 1. The van der Waals surface area contributed by atoms with E-state index in [9.17, 15) is 9.90 Å². The molecule has 2 aromatic rings. The van der Waals surface area contributed by atoms with Gasteiger partial charge in [0.2, 0.25) is 0 Å². The van der Waals surface area contributed by atoms with Gasteiger partial charge in [-0.05, 0) is 30.7 Å². The van der Waals surface area contributed by atoms with E-state index >= 15 is 0 Å². The van der Waals surface area contributed by atoms with Crippen LogP contribution in [0.4, 0.5) is 0 Å². The van der Waals surface area contributed by atoms with E-state index in [2.05, 4.69) is 15.4 Å². The van der Waals surface area contributed by atoms with Gasteiger partial charge in [0, 0.05) is 18.1 Å². The lowest BCUT2D eigenvalue weighted by Gasteiger charge is -2.34. The maximum Gasteiger partial charge on any atom is 0.275 e. The van der Waals surface area contributed by atoms with Gasteiger partial charge in [-0.1, -0.05) is 41.9 Å². The third kappa shape index (κ3) is 4.86. The van der Waals surface area contributed by atoms with Crippen molar-refractivity contribution in [1.29, 1.82) is 0 Å². The zero-order valence-electron chi connectivity index (χ0n) is 15.1. The molecule has 3 rings (SSSR count). The third-order valence-corrected chi connectivity index (χ3v) is 4.69. The Bertz CT molecular complexity index is 820. The summed E-state index contributed by atoms with van der Waals surface area (Å²) in [6.07, 6.45) is 0. The summed E-state index contributed by atoms with van der Waals surface area (Å²) in [7, 11) is 0. The number of nitrogens with one attached hydrogen (secondary N) is 1. The zero-order chi connectivity index (χ0) is 19.2. The van der Waals surface area contributed by atoms with Crippen LogP contribution in [0.1, 0.15) is 28.9 Å². The highest BCUT2D eigenvalue weighted by Crippen LogP contribution is 2.24. The lowest BCUT2D eigenvalue weighted by atomic mass is 10.0. The maximum absolute atomic E-state index is 12.4. The number of hydrogen-bond donors (Lipinski definition) is 2. The normalized spacial score (nSPS) is 16.7. The molecule has 2 N–H and O–H groups in total. The largest absolute Gasteiger partial charge is 0.507 e. The van der Waals surface area contributed by atoms with Gasteiger partial charge in [0.1, 0.15) is 5.75 Å². The summed E-state index contributed by atoms with van der Waals surface area (Å²) in [5, 5.41) is 14.5. The number of nitrogens with zero attached hydrogens (tertiary/aromatic N) is 2. The van der Waals surface area contributed by atoms with Crippen molar-refractivity contribution < 1.29 is 14.6 Å². The van der Waals surface area contributed by atoms with E-state index < -0.39 is 5.91 Å². The van der Waals surface area contributed by atoms with Crippen LogP contribution in [-0.4, -0.2) is 47.9 Å². The molecule has 1 aliphatic heterocycles. The van der Waals surface area contributed by atoms with Crippen LogP contribution in [0.2, 0.25) is 5.02 Å². The molecule has 0 spiro atoms. The number of carbonyl (C=O) groups is 1. The van der Waals surface area contributed by atoms with Crippen LogP contribution in [0.15, 0.2) is 53.6 Å². The fourth-order valence-electron chi connectivity index (χ4n) is 3.14. The number of aromatic hydroxyl groups is 1. The first-order valence-electron chi connectivity index (χ1n) is 8.76. The van der Waals surface area contributed by atoms with Gasteiger partial charge in [0.05, 0.1) is 30.5 Å². The predicted octanol–water partition coefficient (Wildman–Crippen LogP) is 3.22. The van der Waals surface area contributed by atoms with Crippen LogP contribution in [0.25, 0.3) is 0 Å². The van der Waals surface area contributed by atoms with Crippen molar-refractivity contribution in [1.82, 2.24) is 10.3 Å². The van der Waals surface area contributed by atoms with Crippen LogP contribution >= 0.6 is 11.6 Å². The first-order valence-corrected chi connectivity index (χ1v) is 9.14. The van der Waals surface area contributed by atoms with Crippen molar-refractivity contribution in [3.05, 3.63) is 64.7 Å². The Morgan fingerprint density at radius 1 is 1.22 bits per heavy atom. The predicted molar refractivity (Wildman–Crippen MR) is 105 cm³/mol. The minimum absolute atomic E-state index is 0.0663. The Balaban J connectivity index is 1.81. The highest BCUT2D eigenvalue weighted by atomic mass is 35.5. The Morgan fingerprint density at radius 2 is 1.93 bits per heavy atom. The summed E-state index contributed by atoms with van der Waals surface area (Å²) in [5.74, 6) is -0.652. The van der Waals surface area contributed by atoms with Crippen molar-refractivity contribution in [2.75, 3.05) is 26.3 Å². The molecule has 0 aliphatic carbocycles. The minimum atomic E-state index is -0.511. The minimum Gasteiger partial charge on any atom is -0.507 e. The lowest BCUT2D eigenvalue weighted by Crippen LogP contribution is -2.42. The van der Waals surface area contributed by atoms with Crippen molar-refractivity contribution >= 4 is 23.2 Å². The fraction of sp³-hybridized carbons (Fsp3) is 0.300. The van der Waals surface area contributed by atoms with E-state index in [1.807, 2.05) is 37.3 Å². The highest BCUT2D eigenvalue weighted by molar-refractivity contribution is 6.31. The van der Waals surface area contributed by atoms with E-state index in [-0.39, 0.29) is 17.4 Å². The van der Waals surface area contributed by atoms with Crippen LogP contribution < -0.4 is 5.43 Å². The SMILES string of the molecule is C/C(=N/NC(=O)c1cc(Cl)ccc1O)[C@H](c1ccccc1)N1CCOCC1. The standard InChI is InChI=1S/C20H22ClN3O3/c1-14(22-23-20(26)17-13-16(21)7-8-18(17)25)19(15-5-3-2-4-6-15)24-9-11-27-12-10-24/h2-8,13,19,25H,9-12H2,1H3,(H,23,26)/b22-14-/t19-/m1/s1. The van der Waals surface area contributed by atoms with E-state index in [0.717, 1.165) is 24.4 Å². The topological polar surface area (TPSA) is 74.2 Å². The third-order valence-electron chi connectivity index (χ3n) is 4.46. The van der Waals surface area contributed by atoms with E-state index in [0.29, 0.717) is 18.2 Å². The number of amides is 1. The summed E-state index contributed by atoms with van der Waals surface area (Å²) < 4.78 is 5.45. The first-order chi connectivity index (χ1) is 13.1. The molecule has 6 nitrogen and oxygen atoms in total. The van der Waals surface area contributed by atoms with E-state index in [1.165, 1.54) is 18.2 Å². The Kier molecular flexibility index (Phi) is 6.45. The molecule has 1 amide bonds. The zero-order valence-corrected chi connectivity index (χ0v) is 15.8. The number of rotatable bonds is 5. The number of benzene rings is 2. The van der Waals surface area contributed by atoms with Crippen LogP contribution in [0, 0.1) is 0 Å². The summed E-state index contributed by atoms with van der Waals surface area (Å²) in [5.41, 5.74) is 4.46. The maximum atomic E-state index is 12.4. The highest BCUT2D eigenvalue weighted by Gasteiger charge is 2.25. The van der Waals surface area contributed by atoms with Crippen molar-refractivity contribution in [2.45, 2.75) is 13.0 Å². The molecule has 27 heavy (non-hydrogen) atoms. The van der Waals surface area contributed by atoms with Crippen molar-refractivity contribution in [3.8, 4) is 5.75 Å². The Morgan fingerprint density at radius 3 is 2.63 bits per heavy atom. The molecule has 1 heterocycles.